The number of ether oxygens (including phenoxy) is 1. The molecule has 0 atom stereocenters. The van der Waals surface area contributed by atoms with Crippen LogP contribution in [0.2, 0.25) is 0 Å². The summed E-state index contributed by atoms with van der Waals surface area (Å²) in [6.45, 7) is 6.22. The van der Waals surface area contributed by atoms with Gasteiger partial charge in [-0.25, -0.2) is 0 Å². The number of aryl methyl sites for hydroxylation is 3. The van der Waals surface area contributed by atoms with Crippen LogP contribution < -0.4 is 10.1 Å². The van der Waals surface area contributed by atoms with Gasteiger partial charge in [-0.2, -0.15) is 0 Å². The predicted molar refractivity (Wildman–Crippen MR) is 139 cm³/mol. The molecule has 0 radical (unpaired) electrons. The summed E-state index contributed by atoms with van der Waals surface area (Å²) in [7, 11) is 0. The Hall–Kier alpha value is -4.18. The van der Waals surface area contributed by atoms with Crippen LogP contribution >= 0.6 is 11.8 Å². The number of para-hydroxylation sites is 1. The number of hydrogen-bond donors (Lipinski definition) is 1. The van der Waals surface area contributed by atoms with Crippen LogP contribution in [0.15, 0.2) is 71.9 Å². The number of non-ortho nitro benzene ring substituents is 1. The lowest BCUT2D eigenvalue weighted by atomic mass is 10.1. The summed E-state index contributed by atoms with van der Waals surface area (Å²) in [6, 6.07) is 19.6. The summed E-state index contributed by atoms with van der Waals surface area (Å²) in [5.41, 5.74) is 4.50. The molecule has 0 aliphatic heterocycles. The van der Waals surface area contributed by atoms with E-state index in [1.165, 1.54) is 36.0 Å². The molecule has 0 saturated carbocycles. The van der Waals surface area contributed by atoms with Crippen molar-refractivity contribution in [2.75, 3.05) is 11.1 Å². The number of thioether (sulfide) groups is 1. The van der Waals surface area contributed by atoms with Crippen molar-refractivity contribution in [1.82, 2.24) is 14.8 Å². The molecule has 1 heterocycles. The van der Waals surface area contributed by atoms with E-state index < -0.39 is 4.92 Å². The van der Waals surface area contributed by atoms with Crippen LogP contribution in [0.3, 0.4) is 0 Å². The molecule has 0 aliphatic carbocycles. The molecule has 1 N–H and O–H groups in total. The third kappa shape index (κ3) is 5.89. The number of nitro groups is 1. The second-order valence-electron chi connectivity index (χ2n) is 8.22. The van der Waals surface area contributed by atoms with Crippen LogP contribution in [-0.4, -0.2) is 31.3 Å². The molecule has 3 aromatic carbocycles. The Kier molecular flexibility index (Phi) is 7.65. The normalized spacial score (nSPS) is 10.8. The van der Waals surface area contributed by atoms with Gasteiger partial charge in [-0.15, -0.1) is 10.2 Å². The van der Waals surface area contributed by atoms with Gasteiger partial charge in [0.05, 0.1) is 10.7 Å². The van der Waals surface area contributed by atoms with Crippen molar-refractivity contribution in [3.8, 4) is 11.4 Å². The Morgan fingerprint density at radius 2 is 1.67 bits per heavy atom. The summed E-state index contributed by atoms with van der Waals surface area (Å²) in [6.07, 6.45) is 0. The summed E-state index contributed by atoms with van der Waals surface area (Å²) >= 11 is 1.24. The Bertz CT molecular complexity index is 1360. The smallest absolute Gasteiger partial charge is 0.269 e. The van der Waals surface area contributed by atoms with E-state index in [9.17, 15) is 14.9 Å². The zero-order valence-corrected chi connectivity index (χ0v) is 20.9. The van der Waals surface area contributed by atoms with E-state index >= 15 is 0 Å². The van der Waals surface area contributed by atoms with Gasteiger partial charge < -0.3 is 10.1 Å². The highest BCUT2D eigenvalue weighted by molar-refractivity contribution is 7.99. The van der Waals surface area contributed by atoms with Gasteiger partial charge in [-0.1, -0.05) is 47.7 Å². The largest absolute Gasteiger partial charge is 0.485 e. The maximum absolute atomic E-state index is 12.5. The summed E-state index contributed by atoms with van der Waals surface area (Å²) in [4.78, 5) is 22.9. The quantitative estimate of drug-likeness (QED) is 0.185. The van der Waals surface area contributed by atoms with Crippen molar-refractivity contribution in [2.24, 2.45) is 0 Å². The van der Waals surface area contributed by atoms with E-state index in [4.69, 9.17) is 4.74 Å². The molecule has 1 aromatic heterocycles. The molecular weight excluding hydrogens is 478 g/mol. The van der Waals surface area contributed by atoms with Gasteiger partial charge in [0, 0.05) is 23.5 Å². The lowest BCUT2D eigenvalue weighted by Gasteiger charge is -2.14. The van der Waals surface area contributed by atoms with Gasteiger partial charge in [0.15, 0.2) is 11.0 Å². The average molecular weight is 504 g/mol. The van der Waals surface area contributed by atoms with Crippen LogP contribution in [0.5, 0.6) is 5.75 Å². The second-order valence-corrected chi connectivity index (χ2v) is 9.16. The zero-order chi connectivity index (χ0) is 25.7. The molecule has 9 nitrogen and oxygen atoms in total. The third-order valence-electron chi connectivity index (χ3n) is 5.44. The first-order chi connectivity index (χ1) is 17.3. The topological polar surface area (TPSA) is 112 Å². The van der Waals surface area contributed by atoms with Crippen molar-refractivity contribution in [3.63, 3.8) is 0 Å². The van der Waals surface area contributed by atoms with E-state index in [1.54, 1.807) is 0 Å². The van der Waals surface area contributed by atoms with Crippen LogP contribution in [0.1, 0.15) is 22.5 Å². The predicted octanol–water partition coefficient (Wildman–Crippen LogP) is 5.41. The zero-order valence-electron chi connectivity index (χ0n) is 20.1. The molecule has 0 aliphatic rings. The number of anilines is 1. The van der Waals surface area contributed by atoms with Gasteiger partial charge in [-0.3, -0.25) is 19.5 Å². The van der Waals surface area contributed by atoms with Crippen molar-refractivity contribution >= 4 is 29.0 Å². The molecule has 1 amide bonds. The van der Waals surface area contributed by atoms with E-state index in [1.807, 2.05) is 67.8 Å². The lowest BCUT2D eigenvalue weighted by molar-refractivity contribution is -0.384. The van der Waals surface area contributed by atoms with E-state index in [0.717, 1.165) is 28.1 Å². The fourth-order valence-corrected chi connectivity index (χ4v) is 4.37. The first-order valence-corrected chi connectivity index (χ1v) is 12.2. The number of carbonyl (C=O) groups is 1. The summed E-state index contributed by atoms with van der Waals surface area (Å²) in [5.74, 6) is 1.24. The minimum Gasteiger partial charge on any atom is -0.485 e. The van der Waals surface area contributed by atoms with Crippen LogP contribution in [0.4, 0.5) is 11.4 Å². The molecule has 4 aromatic rings. The van der Waals surface area contributed by atoms with Crippen LogP contribution in [0.25, 0.3) is 5.69 Å². The molecule has 10 heteroatoms. The number of nitrogens with zero attached hydrogens (tertiary/aromatic N) is 4. The highest BCUT2D eigenvalue weighted by atomic mass is 32.2. The molecule has 0 spiro atoms. The number of rotatable bonds is 9. The summed E-state index contributed by atoms with van der Waals surface area (Å²) < 4.78 is 8.01. The highest BCUT2D eigenvalue weighted by Crippen LogP contribution is 2.26. The van der Waals surface area contributed by atoms with Crippen molar-refractivity contribution in [2.45, 2.75) is 32.5 Å². The molecule has 0 fully saturated rings. The number of hydrogen-bond acceptors (Lipinski definition) is 7. The second kappa shape index (κ2) is 11.0. The number of carbonyl (C=O) groups excluding carboxylic acids is 1. The molecule has 0 unspecified atom stereocenters. The van der Waals surface area contributed by atoms with Gasteiger partial charge in [-0.05, 0) is 56.2 Å². The van der Waals surface area contributed by atoms with Crippen molar-refractivity contribution < 1.29 is 14.5 Å². The monoisotopic (exact) mass is 503 g/mol. The van der Waals surface area contributed by atoms with Gasteiger partial charge in [0.1, 0.15) is 12.4 Å². The Balaban J connectivity index is 1.51. The van der Waals surface area contributed by atoms with Crippen LogP contribution in [0, 0.1) is 30.9 Å². The molecule has 0 bridgehead atoms. The maximum atomic E-state index is 12.5. The minimum absolute atomic E-state index is 0.0378. The van der Waals surface area contributed by atoms with Gasteiger partial charge in [0.25, 0.3) is 5.69 Å². The SMILES string of the molecule is Cc1ccc(-n2c(COc3c(C)cccc3C)nnc2SCC(=O)Nc2ccc([N+](=O)[O-])cc2)cc1. The maximum Gasteiger partial charge on any atom is 0.269 e. The number of aromatic nitrogens is 3. The molecular formula is C26H25N5O4S. The first-order valence-electron chi connectivity index (χ1n) is 11.2. The molecule has 36 heavy (non-hydrogen) atoms. The molecule has 184 valence electrons. The lowest BCUT2D eigenvalue weighted by Crippen LogP contribution is -2.15. The number of nitrogens with one attached hydrogen (secondary N) is 1. The van der Waals surface area contributed by atoms with Gasteiger partial charge >= 0.3 is 0 Å². The number of amides is 1. The fourth-order valence-electron chi connectivity index (χ4n) is 3.60. The van der Waals surface area contributed by atoms with Crippen molar-refractivity contribution in [1.29, 1.82) is 0 Å². The Labute approximate surface area is 212 Å². The third-order valence-corrected chi connectivity index (χ3v) is 6.37. The highest BCUT2D eigenvalue weighted by Gasteiger charge is 2.17. The molecule has 0 saturated heterocycles. The Morgan fingerprint density at radius 1 is 1.00 bits per heavy atom. The fraction of sp³-hybridized carbons (Fsp3) is 0.192. The van der Waals surface area contributed by atoms with Gasteiger partial charge in [0.2, 0.25) is 5.91 Å². The van der Waals surface area contributed by atoms with E-state index in [-0.39, 0.29) is 24.0 Å². The molecule has 4 rings (SSSR count). The van der Waals surface area contributed by atoms with Crippen molar-refractivity contribution in [3.05, 3.63) is 99.4 Å². The first kappa shape index (κ1) is 24.9. The number of nitro benzene ring substituents is 1. The summed E-state index contributed by atoms with van der Waals surface area (Å²) in [5, 5.41) is 22.8. The minimum atomic E-state index is -0.485. The Morgan fingerprint density at radius 3 is 2.31 bits per heavy atom. The van der Waals surface area contributed by atoms with E-state index in [2.05, 4.69) is 15.5 Å². The average Bonchev–Trinajstić information content (AvgIpc) is 3.26. The van der Waals surface area contributed by atoms with Crippen LogP contribution in [-0.2, 0) is 11.4 Å². The standard InChI is InChI=1S/C26H25N5O4S/c1-17-7-11-21(12-8-17)30-23(15-35-25-18(2)5-4-6-19(25)3)28-29-26(30)36-16-24(32)27-20-9-13-22(14-10-20)31(33)34/h4-14H,15-16H2,1-3H3,(H,27,32). The van der Waals surface area contributed by atoms with E-state index in [0.29, 0.717) is 16.7 Å². The number of benzene rings is 3.